The summed E-state index contributed by atoms with van der Waals surface area (Å²) in [6.45, 7) is 9.87. The second-order valence-electron chi connectivity index (χ2n) is 3.40. The molecule has 0 aromatic carbocycles. The van der Waals surface area contributed by atoms with Gasteiger partial charge in [0.2, 0.25) is 5.91 Å². The van der Waals surface area contributed by atoms with Crippen molar-refractivity contribution in [3.8, 4) is 0 Å². The first-order valence-corrected chi connectivity index (χ1v) is 5.81. The second kappa shape index (κ2) is 8.12. The molecule has 1 N–H and O–H groups in total. The molecule has 3 nitrogen and oxygen atoms in total. The SMILES string of the molecule is CCCN(CC)CCNC(=O)C(C)S. The Labute approximate surface area is 92.7 Å². The van der Waals surface area contributed by atoms with Gasteiger partial charge in [-0.3, -0.25) is 4.79 Å². The highest BCUT2D eigenvalue weighted by Gasteiger charge is 2.07. The molecule has 0 aliphatic heterocycles. The van der Waals surface area contributed by atoms with Gasteiger partial charge < -0.3 is 10.2 Å². The number of hydrogen-bond acceptors (Lipinski definition) is 3. The van der Waals surface area contributed by atoms with Gasteiger partial charge in [0.05, 0.1) is 5.25 Å². The van der Waals surface area contributed by atoms with Gasteiger partial charge in [0.1, 0.15) is 0 Å². The molecule has 1 atom stereocenters. The van der Waals surface area contributed by atoms with Gasteiger partial charge >= 0.3 is 0 Å². The molecule has 14 heavy (non-hydrogen) atoms. The Morgan fingerprint density at radius 2 is 2.07 bits per heavy atom. The largest absolute Gasteiger partial charge is 0.354 e. The summed E-state index contributed by atoms with van der Waals surface area (Å²) in [4.78, 5) is 13.5. The lowest BCUT2D eigenvalue weighted by molar-refractivity contribution is -0.120. The molecule has 0 heterocycles. The maximum atomic E-state index is 11.2. The summed E-state index contributed by atoms with van der Waals surface area (Å²) in [6, 6.07) is 0. The van der Waals surface area contributed by atoms with Crippen LogP contribution >= 0.6 is 12.6 Å². The van der Waals surface area contributed by atoms with E-state index in [0.717, 1.165) is 32.6 Å². The molecule has 0 saturated carbocycles. The number of amides is 1. The number of rotatable bonds is 7. The van der Waals surface area contributed by atoms with Gasteiger partial charge in [-0.1, -0.05) is 13.8 Å². The average Bonchev–Trinajstić information content (AvgIpc) is 2.16. The molecule has 4 heteroatoms. The molecule has 0 spiro atoms. The van der Waals surface area contributed by atoms with E-state index in [1.165, 1.54) is 0 Å². The minimum absolute atomic E-state index is 0.0147. The third-order valence-corrected chi connectivity index (χ3v) is 2.33. The van der Waals surface area contributed by atoms with Crippen LogP contribution in [-0.2, 0) is 4.79 Å². The smallest absolute Gasteiger partial charge is 0.232 e. The van der Waals surface area contributed by atoms with E-state index in [9.17, 15) is 4.79 Å². The van der Waals surface area contributed by atoms with Gasteiger partial charge in [0, 0.05) is 13.1 Å². The summed E-state index contributed by atoms with van der Waals surface area (Å²) in [5, 5.41) is 2.64. The second-order valence-corrected chi connectivity index (χ2v) is 4.18. The van der Waals surface area contributed by atoms with Crippen molar-refractivity contribution in [2.75, 3.05) is 26.2 Å². The summed E-state index contributed by atoms with van der Waals surface area (Å²) < 4.78 is 0. The molecular weight excluding hydrogens is 196 g/mol. The van der Waals surface area contributed by atoms with Crippen LogP contribution in [0.5, 0.6) is 0 Å². The highest BCUT2D eigenvalue weighted by Crippen LogP contribution is 1.92. The molecule has 0 aliphatic rings. The normalized spacial score (nSPS) is 12.9. The predicted octanol–water partition coefficient (Wildman–Crippen LogP) is 1.15. The summed E-state index contributed by atoms with van der Waals surface area (Å²) >= 11 is 4.06. The van der Waals surface area contributed by atoms with Crippen LogP contribution in [0.25, 0.3) is 0 Å². The van der Waals surface area contributed by atoms with Crippen LogP contribution in [0.2, 0.25) is 0 Å². The van der Waals surface area contributed by atoms with Crippen LogP contribution < -0.4 is 5.32 Å². The maximum absolute atomic E-state index is 11.2. The van der Waals surface area contributed by atoms with E-state index in [4.69, 9.17) is 0 Å². The molecule has 84 valence electrons. The molecule has 0 aliphatic carbocycles. The van der Waals surface area contributed by atoms with Gasteiger partial charge in [-0.25, -0.2) is 0 Å². The van der Waals surface area contributed by atoms with Gasteiger partial charge in [-0.15, -0.1) is 0 Å². The van der Waals surface area contributed by atoms with Crippen molar-refractivity contribution in [2.24, 2.45) is 0 Å². The highest BCUT2D eigenvalue weighted by atomic mass is 32.1. The Balaban J connectivity index is 3.55. The molecule has 1 unspecified atom stereocenters. The number of carbonyl (C=O) groups excluding carboxylic acids is 1. The lowest BCUT2D eigenvalue weighted by atomic mass is 10.4. The molecule has 0 aromatic rings. The third kappa shape index (κ3) is 6.27. The van der Waals surface area contributed by atoms with Crippen molar-refractivity contribution in [3.63, 3.8) is 0 Å². The van der Waals surface area contributed by atoms with E-state index in [1.54, 1.807) is 6.92 Å². The Morgan fingerprint density at radius 3 is 2.50 bits per heavy atom. The van der Waals surface area contributed by atoms with Gasteiger partial charge in [-0.2, -0.15) is 12.6 Å². The van der Waals surface area contributed by atoms with Crippen molar-refractivity contribution in [1.82, 2.24) is 10.2 Å². The summed E-state index contributed by atoms with van der Waals surface area (Å²) in [7, 11) is 0. The van der Waals surface area contributed by atoms with E-state index < -0.39 is 0 Å². The van der Waals surface area contributed by atoms with E-state index >= 15 is 0 Å². The Bertz CT molecular complexity index is 162. The molecule has 0 bridgehead atoms. The van der Waals surface area contributed by atoms with Gasteiger partial charge in [0.25, 0.3) is 0 Å². The fourth-order valence-electron chi connectivity index (χ4n) is 1.23. The minimum Gasteiger partial charge on any atom is -0.354 e. The predicted molar refractivity (Wildman–Crippen MR) is 63.9 cm³/mol. The van der Waals surface area contributed by atoms with E-state index in [0.29, 0.717) is 0 Å². The van der Waals surface area contributed by atoms with Crippen molar-refractivity contribution in [2.45, 2.75) is 32.4 Å². The topological polar surface area (TPSA) is 32.3 Å². The number of nitrogens with one attached hydrogen (secondary N) is 1. The summed E-state index contributed by atoms with van der Waals surface area (Å²) in [6.07, 6.45) is 1.16. The zero-order valence-electron chi connectivity index (χ0n) is 9.42. The van der Waals surface area contributed by atoms with Gasteiger partial charge in [-0.05, 0) is 26.4 Å². The van der Waals surface area contributed by atoms with Crippen LogP contribution in [0, 0.1) is 0 Å². The van der Waals surface area contributed by atoms with Crippen LogP contribution in [0.3, 0.4) is 0 Å². The fourth-order valence-corrected chi connectivity index (χ4v) is 1.32. The van der Waals surface area contributed by atoms with E-state index in [1.807, 2.05) is 0 Å². The molecule has 0 fully saturated rings. The zero-order valence-corrected chi connectivity index (χ0v) is 10.3. The Hall–Kier alpha value is -0.220. The van der Waals surface area contributed by atoms with Crippen LogP contribution in [0.15, 0.2) is 0 Å². The van der Waals surface area contributed by atoms with Gasteiger partial charge in [0.15, 0.2) is 0 Å². The van der Waals surface area contributed by atoms with Crippen LogP contribution in [0.1, 0.15) is 27.2 Å². The number of hydrogen-bond donors (Lipinski definition) is 2. The Kier molecular flexibility index (Phi) is 7.99. The maximum Gasteiger partial charge on any atom is 0.232 e. The van der Waals surface area contributed by atoms with Crippen LogP contribution in [0.4, 0.5) is 0 Å². The van der Waals surface area contributed by atoms with Crippen LogP contribution in [-0.4, -0.2) is 42.2 Å². The molecule has 0 saturated heterocycles. The number of thiol groups is 1. The average molecular weight is 218 g/mol. The quantitative estimate of drug-likeness (QED) is 0.628. The third-order valence-electron chi connectivity index (χ3n) is 2.09. The van der Waals surface area contributed by atoms with Crippen molar-refractivity contribution >= 4 is 18.5 Å². The molecule has 0 radical (unpaired) electrons. The van der Waals surface area contributed by atoms with Crippen molar-refractivity contribution in [1.29, 1.82) is 0 Å². The number of nitrogens with zero attached hydrogens (tertiary/aromatic N) is 1. The molecule has 0 aromatic heterocycles. The molecule has 0 rings (SSSR count). The monoisotopic (exact) mass is 218 g/mol. The van der Waals surface area contributed by atoms with Crippen molar-refractivity contribution < 1.29 is 4.79 Å². The highest BCUT2D eigenvalue weighted by molar-refractivity contribution is 7.81. The van der Waals surface area contributed by atoms with Crippen molar-refractivity contribution in [3.05, 3.63) is 0 Å². The number of likely N-dealkylation sites (N-methyl/N-ethyl adjacent to an activating group) is 1. The first-order valence-electron chi connectivity index (χ1n) is 5.29. The lowest BCUT2D eigenvalue weighted by Crippen LogP contribution is -2.37. The van der Waals surface area contributed by atoms with E-state index in [-0.39, 0.29) is 11.2 Å². The minimum atomic E-state index is -0.212. The first kappa shape index (κ1) is 13.8. The summed E-state index contributed by atoms with van der Waals surface area (Å²) in [5.74, 6) is 0.0147. The van der Waals surface area contributed by atoms with E-state index in [2.05, 4.69) is 36.7 Å². The summed E-state index contributed by atoms with van der Waals surface area (Å²) in [5.41, 5.74) is 0. The molecular formula is C10H22N2OS. The molecule has 1 amide bonds. The number of carbonyl (C=O) groups is 1. The Morgan fingerprint density at radius 1 is 1.43 bits per heavy atom. The standard InChI is InChI=1S/C10H22N2OS/c1-4-7-12(5-2)8-6-11-10(13)9(3)14/h9,14H,4-8H2,1-3H3,(H,11,13). The first-order chi connectivity index (χ1) is 6.61. The lowest BCUT2D eigenvalue weighted by Gasteiger charge is -2.19. The zero-order chi connectivity index (χ0) is 11.0. The fraction of sp³-hybridized carbons (Fsp3) is 0.900.